The van der Waals surface area contributed by atoms with Crippen molar-refractivity contribution in [3.8, 4) is 0 Å². The number of carbonyl (C=O) groups is 1. The average molecular weight is 260 g/mol. The summed E-state index contributed by atoms with van der Waals surface area (Å²) in [4.78, 5) is 11.6. The first kappa shape index (κ1) is 11.2. The van der Waals surface area contributed by atoms with Crippen LogP contribution in [0.15, 0.2) is 6.07 Å². The van der Waals surface area contributed by atoms with Crippen LogP contribution in [0.4, 0.5) is 0 Å². The first-order valence-electron chi connectivity index (χ1n) is 4.57. The highest BCUT2D eigenvalue weighted by Gasteiger charge is 2.11. The fraction of sp³-hybridized carbons (Fsp3) is 0.556. The molecule has 1 heterocycles. The van der Waals surface area contributed by atoms with Crippen LogP contribution < -0.4 is 5.32 Å². The molecule has 0 aliphatic rings. The lowest BCUT2D eigenvalue weighted by Crippen LogP contribution is -2.27. The van der Waals surface area contributed by atoms with Gasteiger partial charge in [0.05, 0.1) is 5.69 Å². The average Bonchev–Trinajstić information content (AvgIpc) is 2.56. The zero-order chi connectivity index (χ0) is 10.6. The highest BCUT2D eigenvalue weighted by molar-refractivity contribution is 9.09. The van der Waals surface area contributed by atoms with Crippen molar-refractivity contribution >= 4 is 21.8 Å². The van der Waals surface area contributed by atoms with E-state index in [9.17, 15) is 4.79 Å². The number of nitrogens with zero attached hydrogens (tertiary/aromatic N) is 2. The van der Waals surface area contributed by atoms with Crippen LogP contribution in [0, 0.1) is 6.92 Å². The minimum absolute atomic E-state index is 0.0631. The van der Waals surface area contributed by atoms with Crippen LogP contribution in [0.5, 0.6) is 0 Å². The molecule has 5 heteroatoms. The summed E-state index contributed by atoms with van der Waals surface area (Å²) in [5, 5.41) is 7.75. The van der Waals surface area contributed by atoms with Crippen molar-refractivity contribution in [2.45, 2.75) is 20.4 Å². The summed E-state index contributed by atoms with van der Waals surface area (Å²) < 4.78 is 1.71. The van der Waals surface area contributed by atoms with E-state index >= 15 is 0 Å². The molecule has 1 N–H and O–H groups in total. The minimum Gasteiger partial charge on any atom is -0.350 e. The van der Waals surface area contributed by atoms with E-state index in [0.717, 1.165) is 11.0 Å². The van der Waals surface area contributed by atoms with Crippen LogP contribution >= 0.6 is 15.9 Å². The van der Waals surface area contributed by atoms with Gasteiger partial charge in [-0.05, 0) is 19.9 Å². The topological polar surface area (TPSA) is 46.9 Å². The van der Waals surface area contributed by atoms with Crippen molar-refractivity contribution in [3.05, 3.63) is 17.5 Å². The monoisotopic (exact) mass is 259 g/mol. The SMILES string of the molecule is CCn1nc(C)cc1C(=O)NCCBr. The molecule has 1 rings (SSSR count). The number of alkyl halides is 1. The van der Waals surface area contributed by atoms with Gasteiger partial charge in [0.15, 0.2) is 0 Å². The fourth-order valence-electron chi connectivity index (χ4n) is 1.22. The molecule has 0 aliphatic heterocycles. The van der Waals surface area contributed by atoms with Gasteiger partial charge in [-0.1, -0.05) is 15.9 Å². The van der Waals surface area contributed by atoms with Gasteiger partial charge in [0.25, 0.3) is 5.91 Å². The van der Waals surface area contributed by atoms with Crippen molar-refractivity contribution in [1.29, 1.82) is 0 Å². The number of halogens is 1. The van der Waals surface area contributed by atoms with Crippen molar-refractivity contribution < 1.29 is 4.79 Å². The Hall–Kier alpha value is -0.840. The van der Waals surface area contributed by atoms with Gasteiger partial charge in [-0.3, -0.25) is 9.48 Å². The van der Waals surface area contributed by atoms with E-state index in [1.54, 1.807) is 10.7 Å². The van der Waals surface area contributed by atoms with E-state index < -0.39 is 0 Å². The van der Waals surface area contributed by atoms with E-state index in [1.165, 1.54) is 0 Å². The van der Waals surface area contributed by atoms with Crippen molar-refractivity contribution in [2.75, 3.05) is 11.9 Å². The molecule has 0 aliphatic carbocycles. The third-order valence-corrected chi connectivity index (χ3v) is 2.21. The maximum absolute atomic E-state index is 11.6. The minimum atomic E-state index is -0.0631. The Morgan fingerprint density at radius 1 is 1.71 bits per heavy atom. The number of aromatic nitrogens is 2. The predicted molar refractivity (Wildman–Crippen MR) is 58.8 cm³/mol. The molecule has 0 unspecified atom stereocenters. The van der Waals surface area contributed by atoms with Crippen LogP contribution in [-0.2, 0) is 6.54 Å². The molecule has 0 bridgehead atoms. The van der Waals surface area contributed by atoms with Crippen molar-refractivity contribution in [1.82, 2.24) is 15.1 Å². The molecule has 0 radical (unpaired) electrons. The molecule has 0 aromatic carbocycles. The second-order valence-electron chi connectivity index (χ2n) is 2.93. The third kappa shape index (κ3) is 2.57. The molecule has 0 saturated carbocycles. The predicted octanol–water partition coefficient (Wildman–Crippen LogP) is 1.34. The first-order valence-corrected chi connectivity index (χ1v) is 5.69. The van der Waals surface area contributed by atoms with E-state index in [1.807, 2.05) is 13.8 Å². The van der Waals surface area contributed by atoms with Gasteiger partial charge in [0, 0.05) is 18.4 Å². The van der Waals surface area contributed by atoms with Crippen molar-refractivity contribution in [3.63, 3.8) is 0 Å². The third-order valence-electron chi connectivity index (χ3n) is 1.81. The summed E-state index contributed by atoms with van der Waals surface area (Å²) in [6, 6.07) is 1.80. The highest BCUT2D eigenvalue weighted by atomic mass is 79.9. The van der Waals surface area contributed by atoms with Gasteiger partial charge in [-0.2, -0.15) is 5.10 Å². The van der Waals surface area contributed by atoms with Crippen LogP contribution in [-0.4, -0.2) is 27.6 Å². The van der Waals surface area contributed by atoms with E-state index in [2.05, 4.69) is 26.3 Å². The molecule has 0 spiro atoms. The number of amides is 1. The number of hydrogen-bond donors (Lipinski definition) is 1. The summed E-state index contributed by atoms with van der Waals surface area (Å²) >= 11 is 3.25. The van der Waals surface area contributed by atoms with E-state index in [-0.39, 0.29) is 5.91 Å². The molecular formula is C9H14BrN3O. The molecule has 0 saturated heterocycles. The molecule has 1 amide bonds. The van der Waals surface area contributed by atoms with Crippen LogP contribution in [0.2, 0.25) is 0 Å². The second kappa shape index (κ2) is 5.14. The Labute approximate surface area is 91.8 Å². The van der Waals surface area contributed by atoms with Crippen LogP contribution in [0.25, 0.3) is 0 Å². The second-order valence-corrected chi connectivity index (χ2v) is 3.72. The van der Waals surface area contributed by atoms with E-state index in [4.69, 9.17) is 0 Å². The fourth-order valence-corrected chi connectivity index (χ4v) is 1.42. The van der Waals surface area contributed by atoms with Gasteiger partial charge < -0.3 is 5.32 Å². The lowest BCUT2D eigenvalue weighted by Gasteiger charge is -2.04. The number of carbonyl (C=O) groups excluding carboxylic acids is 1. The van der Waals surface area contributed by atoms with Crippen LogP contribution in [0.3, 0.4) is 0 Å². The normalized spacial score (nSPS) is 10.2. The highest BCUT2D eigenvalue weighted by Crippen LogP contribution is 2.03. The Bertz CT molecular complexity index is 322. The first-order chi connectivity index (χ1) is 6.69. The summed E-state index contributed by atoms with van der Waals surface area (Å²) in [6.07, 6.45) is 0. The molecule has 14 heavy (non-hydrogen) atoms. The van der Waals surface area contributed by atoms with Gasteiger partial charge in [0.1, 0.15) is 5.69 Å². The Kier molecular flexibility index (Phi) is 4.13. The van der Waals surface area contributed by atoms with Crippen LogP contribution in [0.1, 0.15) is 23.1 Å². The number of aryl methyl sites for hydroxylation is 2. The molecule has 0 atom stereocenters. The zero-order valence-corrected chi connectivity index (χ0v) is 9.97. The molecular weight excluding hydrogens is 246 g/mol. The van der Waals surface area contributed by atoms with Crippen molar-refractivity contribution in [2.24, 2.45) is 0 Å². The standard InChI is InChI=1S/C9H14BrN3O/c1-3-13-8(6-7(2)12-13)9(14)11-5-4-10/h6H,3-5H2,1-2H3,(H,11,14). The maximum Gasteiger partial charge on any atom is 0.269 e. The lowest BCUT2D eigenvalue weighted by atomic mass is 10.3. The molecule has 78 valence electrons. The van der Waals surface area contributed by atoms with Gasteiger partial charge in [-0.25, -0.2) is 0 Å². The zero-order valence-electron chi connectivity index (χ0n) is 8.38. The van der Waals surface area contributed by atoms with E-state index in [0.29, 0.717) is 18.8 Å². The molecule has 0 fully saturated rings. The largest absolute Gasteiger partial charge is 0.350 e. The summed E-state index contributed by atoms with van der Waals surface area (Å²) in [5.41, 5.74) is 1.50. The Morgan fingerprint density at radius 3 is 3.00 bits per heavy atom. The molecule has 1 aromatic heterocycles. The lowest BCUT2D eigenvalue weighted by molar-refractivity contribution is 0.0945. The van der Waals surface area contributed by atoms with Gasteiger partial charge in [0.2, 0.25) is 0 Å². The Morgan fingerprint density at radius 2 is 2.43 bits per heavy atom. The number of hydrogen-bond acceptors (Lipinski definition) is 2. The summed E-state index contributed by atoms with van der Waals surface area (Å²) in [5.74, 6) is -0.0631. The summed E-state index contributed by atoms with van der Waals surface area (Å²) in [7, 11) is 0. The Balaban J connectivity index is 2.77. The smallest absolute Gasteiger partial charge is 0.269 e. The van der Waals surface area contributed by atoms with Gasteiger partial charge in [-0.15, -0.1) is 0 Å². The number of rotatable bonds is 4. The molecule has 4 nitrogen and oxygen atoms in total. The van der Waals surface area contributed by atoms with Gasteiger partial charge >= 0.3 is 0 Å². The maximum atomic E-state index is 11.6. The quantitative estimate of drug-likeness (QED) is 0.830. The molecule has 1 aromatic rings. The summed E-state index contributed by atoms with van der Waals surface area (Å²) in [6.45, 7) is 5.19. The number of nitrogens with one attached hydrogen (secondary N) is 1.